The van der Waals surface area contributed by atoms with Gasteiger partial charge in [-0.25, -0.2) is 0 Å². The highest BCUT2D eigenvalue weighted by atomic mass is 16.2. The molecule has 0 saturated carbocycles. The third-order valence-corrected chi connectivity index (χ3v) is 9.00. The van der Waals surface area contributed by atoms with Gasteiger partial charge in [0, 0.05) is 50.6 Å². The molecule has 2 fully saturated rings. The SMILES string of the molecule is [B]c1ccc(CN2CCC(C)(CCN(CC)C[C@H]3CN(Cc4ccccc4)C[C@@H]3c3ccccc3)C2=O)cc1. The van der Waals surface area contributed by atoms with Gasteiger partial charge in [0.25, 0.3) is 0 Å². The summed E-state index contributed by atoms with van der Waals surface area (Å²) < 4.78 is 0. The molecular formula is C34H42BN3O. The number of hydrogen-bond donors (Lipinski definition) is 0. The highest BCUT2D eigenvalue weighted by molar-refractivity contribution is 6.32. The summed E-state index contributed by atoms with van der Waals surface area (Å²) in [6, 6.07) is 29.8. The molecular weight excluding hydrogens is 477 g/mol. The van der Waals surface area contributed by atoms with E-state index in [-0.39, 0.29) is 5.41 Å². The van der Waals surface area contributed by atoms with Gasteiger partial charge in [0.2, 0.25) is 5.91 Å². The van der Waals surface area contributed by atoms with E-state index >= 15 is 0 Å². The summed E-state index contributed by atoms with van der Waals surface area (Å²) in [5, 5.41) is 0. The first-order valence-electron chi connectivity index (χ1n) is 14.6. The first-order chi connectivity index (χ1) is 18.9. The van der Waals surface area contributed by atoms with Crippen molar-refractivity contribution in [1.29, 1.82) is 0 Å². The van der Waals surface area contributed by atoms with Gasteiger partial charge in [0.15, 0.2) is 0 Å². The van der Waals surface area contributed by atoms with Crippen LogP contribution in [0.4, 0.5) is 0 Å². The standard InChI is InChI=1S/C34H42BN3O/c1-3-36(20-18-34(2)19-21-38(33(34)39)23-28-14-16-31(35)17-15-28)24-30-25-37(22-27-10-6-4-7-11-27)26-32(30)29-12-8-5-9-13-29/h4-17,30,32H,3,18-26H2,1-2H3/t30-,32+,34?/m0/s1. The van der Waals surface area contributed by atoms with Gasteiger partial charge in [0.05, 0.1) is 0 Å². The van der Waals surface area contributed by atoms with E-state index in [0.29, 0.717) is 24.3 Å². The van der Waals surface area contributed by atoms with E-state index in [1.807, 2.05) is 29.2 Å². The molecule has 4 nitrogen and oxygen atoms in total. The Bertz CT molecular complexity index is 1200. The van der Waals surface area contributed by atoms with Gasteiger partial charge < -0.3 is 9.80 Å². The summed E-state index contributed by atoms with van der Waals surface area (Å²) in [6.07, 6.45) is 1.84. The molecule has 5 heteroatoms. The normalized spacial score (nSPS) is 23.7. The lowest BCUT2D eigenvalue weighted by molar-refractivity contribution is -0.136. The molecule has 2 aliphatic rings. The van der Waals surface area contributed by atoms with Gasteiger partial charge in [-0.15, -0.1) is 0 Å². The van der Waals surface area contributed by atoms with Crippen LogP contribution < -0.4 is 5.46 Å². The summed E-state index contributed by atoms with van der Waals surface area (Å²) >= 11 is 0. The number of carbonyl (C=O) groups excluding carboxylic acids is 1. The number of amides is 1. The second-order valence-electron chi connectivity index (χ2n) is 11.9. The van der Waals surface area contributed by atoms with E-state index < -0.39 is 0 Å². The predicted molar refractivity (Wildman–Crippen MR) is 161 cm³/mol. The fraction of sp³-hybridized carbons (Fsp3) is 0.441. The number of carbonyl (C=O) groups is 1. The molecule has 2 heterocycles. The Labute approximate surface area is 236 Å². The zero-order valence-electron chi connectivity index (χ0n) is 23.6. The summed E-state index contributed by atoms with van der Waals surface area (Å²) in [4.78, 5) is 20.7. The third kappa shape index (κ3) is 6.82. The van der Waals surface area contributed by atoms with Crippen LogP contribution in [-0.4, -0.2) is 67.7 Å². The van der Waals surface area contributed by atoms with Crippen LogP contribution in [0.1, 0.15) is 49.3 Å². The van der Waals surface area contributed by atoms with Crippen molar-refractivity contribution in [2.75, 3.05) is 39.3 Å². The lowest BCUT2D eigenvalue weighted by Crippen LogP contribution is -2.38. The molecule has 39 heavy (non-hydrogen) atoms. The minimum atomic E-state index is -0.283. The molecule has 3 aromatic carbocycles. The van der Waals surface area contributed by atoms with Gasteiger partial charge in [0.1, 0.15) is 7.85 Å². The molecule has 0 N–H and O–H groups in total. The summed E-state index contributed by atoms with van der Waals surface area (Å²) in [6.45, 7) is 12.2. The molecule has 3 aromatic rings. The number of hydrogen-bond acceptors (Lipinski definition) is 3. The summed E-state index contributed by atoms with van der Waals surface area (Å²) in [5.41, 5.74) is 4.45. The van der Waals surface area contributed by atoms with Crippen LogP contribution in [0.25, 0.3) is 0 Å². The predicted octanol–water partition coefficient (Wildman–Crippen LogP) is 4.85. The maximum atomic E-state index is 13.5. The van der Waals surface area contributed by atoms with Crippen molar-refractivity contribution >= 4 is 19.2 Å². The molecule has 2 saturated heterocycles. The van der Waals surface area contributed by atoms with Crippen molar-refractivity contribution in [3.63, 3.8) is 0 Å². The zero-order chi connectivity index (χ0) is 27.2. The number of likely N-dealkylation sites (tertiary alicyclic amines) is 2. The Morgan fingerprint density at radius 1 is 0.897 bits per heavy atom. The number of nitrogens with zero attached hydrogens (tertiary/aromatic N) is 3. The first-order valence-corrected chi connectivity index (χ1v) is 14.6. The highest BCUT2D eigenvalue weighted by Crippen LogP contribution is 2.37. The minimum absolute atomic E-state index is 0.283. The van der Waals surface area contributed by atoms with E-state index in [1.54, 1.807) is 0 Å². The zero-order valence-corrected chi connectivity index (χ0v) is 23.6. The maximum absolute atomic E-state index is 13.5. The number of benzene rings is 3. The quantitative estimate of drug-likeness (QED) is 0.339. The average molecular weight is 520 g/mol. The largest absolute Gasteiger partial charge is 0.338 e. The Kier molecular flexibility index (Phi) is 8.89. The second kappa shape index (κ2) is 12.5. The van der Waals surface area contributed by atoms with Crippen LogP contribution in [0.2, 0.25) is 0 Å². The van der Waals surface area contributed by atoms with Crippen LogP contribution in [-0.2, 0) is 17.9 Å². The molecule has 0 spiro atoms. The fourth-order valence-corrected chi connectivity index (χ4v) is 6.51. The molecule has 2 aliphatic heterocycles. The van der Waals surface area contributed by atoms with Gasteiger partial charge in [-0.1, -0.05) is 104 Å². The fourth-order valence-electron chi connectivity index (χ4n) is 6.51. The van der Waals surface area contributed by atoms with E-state index in [0.717, 1.165) is 69.7 Å². The molecule has 2 radical (unpaired) electrons. The van der Waals surface area contributed by atoms with E-state index in [2.05, 4.69) is 84.3 Å². The summed E-state index contributed by atoms with van der Waals surface area (Å²) in [5.74, 6) is 1.40. The number of rotatable bonds is 11. The molecule has 1 unspecified atom stereocenters. The molecule has 1 amide bonds. The van der Waals surface area contributed by atoms with Crippen LogP contribution in [0.15, 0.2) is 84.9 Å². The van der Waals surface area contributed by atoms with Crippen molar-refractivity contribution in [3.8, 4) is 0 Å². The first kappa shape index (κ1) is 27.7. The second-order valence-corrected chi connectivity index (χ2v) is 11.9. The highest BCUT2D eigenvalue weighted by Gasteiger charge is 2.42. The summed E-state index contributed by atoms with van der Waals surface area (Å²) in [7, 11) is 5.84. The average Bonchev–Trinajstić information content (AvgIpc) is 3.49. The van der Waals surface area contributed by atoms with Gasteiger partial charge in [-0.3, -0.25) is 9.69 Å². The van der Waals surface area contributed by atoms with Crippen molar-refractivity contribution in [2.45, 2.75) is 45.7 Å². The molecule has 3 atom stereocenters. The minimum Gasteiger partial charge on any atom is -0.338 e. The molecule has 0 aromatic heterocycles. The van der Waals surface area contributed by atoms with E-state index in [4.69, 9.17) is 7.85 Å². The molecule has 0 bridgehead atoms. The molecule has 202 valence electrons. The van der Waals surface area contributed by atoms with Gasteiger partial charge in [-0.05, 0) is 48.5 Å². The smallest absolute Gasteiger partial charge is 0.228 e. The van der Waals surface area contributed by atoms with Crippen LogP contribution >= 0.6 is 0 Å². The van der Waals surface area contributed by atoms with Crippen LogP contribution in [0.5, 0.6) is 0 Å². The topological polar surface area (TPSA) is 26.8 Å². The molecule has 5 rings (SSSR count). The maximum Gasteiger partial charge on any atom is 0.228 e. The van der Waals surface area contributed by atoms with Crippen molar-refractivity contribution in [3.05, 3.63) is 102 Å². The van der Waals surface area contributed by atoms with E-state index in [9.17, 15) is 4.79 Å². The van der Waals surface area contributed by atoms with Crippen molar-refractivity contribution in [2.24, 2.45) is 11.3 Å². The monoisotopic (exact) mass is 519 g/mol. The van der Waals surface area contributed by atoms with Crippen LogP contribution in [0, 0.1) is 11.3 Å². The Morgan fingerprint density at radius 3 is 2.26 bits per heavy atom. The van der Waals surface area contributed by atoms with Crippen molar-refractivity contribution < 1.29 is 4.79 Å². The van der Waals surface area contributed by atoms with Crippen LogP contribution in [0.3, 0.4) is 0 Å². The molecule has 0 aliphatic carbocycles. The lowest BCUT2D eigenvalue weighted by Gasteiger charge is -2.31. The lowest BCUT2D eigenvalue weighted by atomic mass is 9.84. The van der Waals surface area contributed by atoms with Gasteiger partial charge >= 0.3 is 0 Å². The Morgan fingerprint density at radius 2 is 1.56 bits per heavy atom. The third-order valence-electron chi connectivity index (χ3n) is 9.00. The van der Waals surface area contributed by atoms with Gasteiger partial charge in [-0.2, -0.15) is 0 Å². The Balaban J connectivity index is 1.21. The van der Waals surface area contributed by atoms with E-state index in [1.165, 1.54) is 11.1 Å². The van der Waals surface area contributed by atoms with Crippen molar-refractivity contribution in [1.82, 2.24) is 14.7 Å². The Hall–Kier alpha value is -2.89.